The van der Waals surface area contributed by atoms with Crippen molar-refractivity contribution >= 4 is 0 Å². The summed E-state index contributed by atoms with van der Waals surface area (Å²) in [5.74, 6) is 2.36. The van der Waals surface area contributed by atoms with E-state index >= 15 is 0 Å². The Labute approximate surface area is 88.8 Å². The Morgan fingerprint density at radius 2 is 1.93 bits per heavy atom. The first-order chi connectivity index (χ1) is 6.56. The lowest BCUT2D eigenvalue weighted by atomic mass is 9.95. The van der Waals surface area contributed by atoms with Crippen LogP contribution in [0, 0.1) is 17.8 Å². The van der Waals surface area contributed by atoms with Crippen LogP contribution in [0.5, 0.6) is 0 Å². The van der Waals surface area contributed by atoms with Gasteiger partial charge in [-0.3, -0.25) is 0 Å². The molecule has 14 heavy (non-hydrogen) atoms. The number of hydrogen-bond donors (Lipinski definition) is 1. The van der Waals surface area contributed by atoms with Crippen molar-refractivity contribution in [2.75, 3.05) is 19.6 Å². The van der Waals surface area contributed by atoms with Gasteiger partial charge in [-0.25, -0.2) is 0 Å². The molecule has 1 saturated heterocycles. The zero-order valence-electron chi connectivity index (χ0n) is 10.2. The third kappa shape index (κ3) is 2.71. The summed E-state index contributed by atoms with van der Waals surface area (Å²) in [5, 5.41) is 0. The Morgan fingerprint density at radius 1 is 1.29 bits per heavy atom. The van der Waals surface area contributed by atoms with E-state index in [0.29, 0.717) is 12.0 Å². The second kappa shape index (κ2) is 5.13. The summed E-state index contributed by atoms with van der Waals surface area (Å²) in [6.07, 6.45) is 1.37. The average Bonchev–Trinajstić information content (AvgIpc) is 2.64. The van der Waals surface area contributed by atoms with Gasteiger partial charge in [0.2, 0.25) is 0 Å². The quantitative estimate of drug-likeness (QED) is 0.748. The van der Waals surface area contributed by atoms with Crippen molar-refractivity contribution in [3.63, 3.8) is 0 Å². The van der Waals surface area contributed by atoms with Crippen LogP contribution in [-0.4, -0.2) is 30.6 Å². The second-order valence-corrected chi connectivity index (χ2v) is 5.24. The van der Waals surface area contributed by atoms with Gasteiger partial charge in [-0.05, 0) is 44.2 Å². The van der Waals surface area contributed by atoms with Crippen molar-refractivity contribution in [2.24, 2.45) is 23.5 Å². The monoisotopic (exact) mass is 198 g/mol. The lowest BCUT2D eigenvalue weighted by molar-refractivity contribution is 0.189. The standard InChI is InChI=1S/C12H26N2/c1-9(2)12-5-6-14(8-12)11(4)10(3)7-13/h9-12H,5-8,13H2,1-4H3. The van der Waals surface area contributed by atoms with Crippen LogP contribution in [0.2, 0.25) is 0 Å². The zero-order chi connectivity index (χ0) is 10.7. The number of rotatable bonds is 4. The third-order valence-electron chi connectivity index (χ3n) is 3.97. The SMILES string of the molecule is CC(C)C1CCN(C(C)C(C)CN)C1. The molecule has 2 N–H and O–H groups in total. The maximum atomic E-state index is 5.71. The maximum absolute atomic E-state index is 5.71. The summed E-state index contributed by atoms with van der Waals surface area (Å²) >= 11 is 0. The van der Waals surface area contributed by atoms with Crippen LogP contribution < -0.4 is 5.73 Å². The Hall–Kier alpha value is -0.0800. The van der Waals surface area contributed by atoms with Crippen molar-refractivity contribution in [1.82, 2.24) is 4.90 Å². The van der Waals surface area contributed by atoms with Crippen LogP contribution in [-0.2, 0) is 0 Å². The van der Waals surface area contributed by atoms with Crippen LogP contribution >= 0.6 is 0 Å². The highest BCUT2D eigenvalue weighted by Crippen LogP contribution is 2.26. The van der Waals surface area contributed by atoms with Crippen molar-refractivity contribution in [3.8, 4) is 0 Å². The van der Waals surface area contributed by atoms with Crippen LogP contribution in [0.1, 0.15) is 34.1 Å². The van der Waals surface area contributed by atoms with Crippen LogP contribution in [0.15, 0.2) is 0 Å². The van der Waals surface area contributed by atoms with Gasteiger partial charge in [0, 0.05) is 12.6 Å². The van der Waals surface area contributed by atoms with Gasteiger partial charge in [0.05, 0.1) is 0 Å². The molecule has 1 rings (SSSR count). The second-order valence-electron chi connectivity index (χ2n) is 5.24. The molecule has 0 aliphatic carbocycles. The molecule has 0 saturated carbocycles. The minimum absolute atomic E-state index is 0.626. The van der Waals surface area contributed by atoms with Crippen LogP contribution in [0.4, 0.5) is 0 Å². The molecule has 1 aliphatic rings. The van der Waals surface area contributed by atoms with E-state index in [1.165, 1.54) is 19.5 Å². The van der Waals surface area contributed by atoms with Gasteiger partial charge >= 0.3 is 0 Å². The topological polar surface area (TPSA) is 29.3 Å². The molecular weight excluding hydrogens is 172 g/mol. The molecule has 1 aliphatic heterocycles. The van der Waals surface area contributed by atoms with E-state index in [-0.39, 0.29) is 0 Å². The molecule has 0 aromatic carbocycles. The first-order valence-electron chi connectivity index (χ1n) is 6.00. The predicted octanol–water partition coefficient (Wildman–Crippen LogP) is 1.95. The molecule has 84 valence electrons. The van der Waals surface area contributed by atoms with Crippen molar-refractivity contribution in [1.29, 1.82) is 0 Å². The summed E-state index contributed by atoms with van der Waals surface area (Å²) in [6.45, 7) is 12.6. The smallest absolute Gasteiger partial charge is 0.0105 e. The molecule has 1 heterocycles. The fourth-order valence-corrected chi connectivity index (χ4v) is 2.29. The highest BCUT2D eigenvalue weighted by atomic mass is 15.2. The van der Waals surface area contributed by atoms with Gasteiger partial charge < -0.3 is 10.6 Å². The van der Waals surface area contributed by atoms with Crippen molar-refractivity contribution < 1.29 is 0 Å². The van der Waals surface area contributed by atoms with E-state index in [9.17, 15) is 0 Å². The highest BCUT2D eigenvalue weighted by molar-refractivity contribution is 4.83. The molecule has 0 spiro atoms. The summed E-state index contributed by atoms with van der Waals surface area (Å²) < 4.78 is 0. The lowest BCUT2D eigenvalue weighted by Crippen LogP contribution is -2.39. The fraction of sp³-hybridized carbons (Fsp3) is 1.00. The largest absolute Gasteiger partial charge is 0.330 e. The molecule has 3 unspecified atom stereocenters. The normalized spacial score (nSPS) is 28.3. The number of nitrogens with zero attached hydrogens (tertiary/aromatic N) is 1. The molecule has 0 aromatic heterocycles. The van der Waals surface area contributed by atoms with Crippen molar-refractivity contribution in [3.05, 3.63) is 0 Å². The van der Waals surface area contributed by atoms with Gasteiger partial charge in [0.1, 0.15) is 0 Å². The molecule has 0 amide bonds. The summed E-state index contributed by atoms with van der Waals surface area (Å²) in [5.41, 5.74) is 5.71. The van der Waals surface area contributed by atoms with E-state index in [4.69, 9.17) is 5.73 Å². The first-order valence-corrected chi connectivity index (χ1v) is 6.00. The lowest BCUT2D eigenvalue weighted by Gasteiger charge is -2.29. The Kier molecular flexibility index (Phi) is 4.39. The molecule has 1 fully saturated rings. The molecule has 0 aromatic rings. The molecule has 2 heteroatoms. The van der Waals surface area contributed by atoms with Gasteiger partial charge in [0.25, 0.3) is 0 Å². The third-order valence-corrected chi connectivity index (χ3v) is 3.97. The van der Waals surface area contributed by atoms with E-state index in [2.05, 4.69) is 32.6 Å². The summed E-state index contributed by atoms with van der Waals surface area (Å²) in [6, 6.07) is 0.656. The maximum Gasteiger partial charge on any atom is 0.0105 e. The minimum atomic E-state index is 0.626. The number of hydrogen-bond acceptors (Lipinski definition) is 2. The van der Waals surface area contributed by atoms with Gasteiger partial charge in [-0.15, -0.1) is 0 Å². The Balaban J connectivity index is 2.41. The molecular formula is C12H26N2. The van der Waals surface area contributed by atoms with Crippen molar-refractivity contribution in [2.45, 2.75) is 40.2 Å². The molecule has 3 atom stereocenters. The number of nitrogens with two attached hydrogens (primary N) is 1. The van der Waals surface area contributed by atoms with E-state index in [1.54, 1.807) is 0 Å². The van der Waals surface area contributed by atoms with E-state index < -0.39 is 0 Å². The van der Waals surface area contributed by atoms with Crippen LogP contribution in [0.25, 0.3) is 0 Å². The minimum Gasteiger partial charge on any atom is -0.330 e. The molecule has 2 nitrogen and oxygen atoms in total. The fourth-order valence-electron chi connectivity index (χ4n) is 2.29. The van der Waals surface area contributed by atoms with Crippen LogP contribution in [0.3, 0.4) is 0 Å². The Morgan fingerprint density at radius 3 is 2.36 bits per heavy atom. The predicted molar refractivity (Wildman–Crippen MR) is 62.2 cm³/mol. The Bertz CT molecular complexity index is 168. The average molecular weight is 198 g/mol. The summed E-state index contributed by atoms with van der Waals surface area (Å²) in [7, 11) is 0. The van der Waals surface area contributed by atoms with Gasteiger partial charge in [-0.1, -0.05) is 20.8 Å². The van der Waals surface area contributed by atoms with E-state index in [1.807, 2.05) is 0 Å². The van der Waals surface area contributed by atoms with E-state index in [0.717, 1.165) is 18.4 Å². The first kappa shape index (κ1) is 12.0. The highest BCUT2D eigenvalue weighted by Gasteiger charge is 2.29. The van der Waals surface area contributed by atoms with Gasteiger partial charge in [0.15, 0.2) is 0 Å². The zero-order valence-corrected chi connectivity index (χ0v) is 10.2. The molecule has 0 bridgehead atoms. The van der Waals surface area contributed by atoms with Gasteiger partial charge in [-0.2, -0.15) is 0 Å². The summed E-state index contributed by atoms with van der Waals surface area (Å²) in [4.78, 5) is 2.61. The molecule has 0 radical (unpaired) electrons. The number of likely N-dealkylation sites (tertiary alicyclic amines) is 1.